The van der Waals surface area contributed by atoms with E-state index in [4.69, 9.17) is 23.2 Å². The summed E-state index contributed by atoms with van der Waals surface area (Å²) in [5, 5.41) is 13.2. The summed E-state index contributed by atoms with van der Waals surface area (Å²) >= 11 is 12.0. The molecule has 32 heavy (non-hydrogen) atoms. The van der Waals surface area contributed by atoms with Crippen LogP contribution in [0.1, 0.15) is 36.6 Å². The number of imide groups is 1. The molecule has 0 atom stereocenters. The van der Waals surface area contributed by atoms with Crippen molar-refractivity contribution >= 4 is 46.6 Å². The van der Waals surface area contributed by atoms with Gasteiger partial charge in [-0.25, -0.2) is 5.01 Å². The van der Waals surface area contributed by atoms with Crippen molar-refractivity contribution in [3.63, 3.8) is 0 Å². The number of hydrazine groups is 1. The highest BCUT2D eigenvalue weighted by Gasteiger charge is 2.41. The monoisotopic (exact) mass is 469 g/mol. The average Bonchev–Trinajstić information content (AvgIpc) is 3.04. The summed E-state index contributed by atoms with van der Waals surface area (Å²) in [4.78, 5) is 49.7. The van der Waals surface area contributed by atoms with E-state index in [1.165, 1.54) is 48.5 Å². The number of non-ortho nitro benzene ring substituents is 1. The van der Waals surface area contributed by atoms with E-state index in [0.29, 0.717) is 10.6 Å². The van der Waals surface area contributed by atoms with Crippen molar-refractivity contribution in [3.05, 3.63) is 109 Å². The second kappa shape index (κ2) is 8.41. The zero-order valence-corrected chi connectivity index (χ0v) is 17.7. The second-order valence-electron chi connectivity index (χ2n) is 6.88. The van der Waals surface area contributed by atoms with Crippen LogP contribution in [0, 0.1) is 10.1 Å². The van der Waals surface area contributed by atoms with Gasteiger partial charge in [0.25, 0.3) is 23.4 Å². The number of hydrogen-bond acceptors (Lipinski definition) is 5. The minimum atomic E-state index is -0.694. The third-order valence-corrected chi connectivity index (χ3v) is 5.63. The fourth-order valence-electron chi connectivity index (χ4n) is 3.31. The van der Waals surface area contributed by atoms with Gasteiger partial charge in [0.2, 0.25) is 0 Å². The standard InChI is InChI=1S/C22H13Cl2N3O5/c23-18-10-5-13(11-19(18)24)12-25(20(28)14-6-8-15(9-7-14)27(31)32)26-21(29)16-3-1-2-4-17(16)22(26)30/h1-11H,12H2. The van der Waals surface area contributed by atoms with E-state index in [9.17, 15) is 24.5 Å². The molecule has 0 fully saturated rings. The van der Waals surface area contributed by atoms with Crippen LogP contribution in [0.15, 0.2) is 66.7 Å². The highest BCUT2D eigenvalue weighted by atomic mass is 35.5. The highest BCUT2D eigenvalue weighted by Crippen LogP contribution is 2.28. The maximum atomic E-state index is 13.4. The van der Waals surface area contributed by atoms with E-state index >= 15 is 0 Å². The zero-order valence-electron chi connectivity index (χ0n) is 16.2. The summed E-state index contributed by atoms with van der Waals surface area (Å²) in [6, 6.07) is 15.8. The Kier molecular flexibility index (Phi) is 5.65. The molecular formula is C22H13Cl2N3O5. The topological polar surface area (TPSA) is 101 Å². The Labute approximate surface area is 191 Å². The van der Waals surface area contributed by atoms with Gasteiger partial charge in [-0.15, -0.1) is 0 Å². The van der Waals surface area contributed by atoms with E-state index in [0.717, 1.165) is 10.0 Å². The first-order valence-corrected chi connectivity index (χ1v) is 10.0. The maximum absolute atomic E-state index is 13.4. The predicted molar refractivity (Wildman–Crippen MR) is 116 cm³/mol. The quantitative estimate of drug-likeness (QED) is 0.304. The minimum absolute atomic E-state index is 0.0622. The van der Waals surface area contributed by atoms with Gasteiger partial charge in [0.1, 0.15) is 0 Å². The van der Waals surface area contributed by atoms with Crippen molar-refractivity contribution in [3.8, 4) is 0 Å². The van der Waals surface area contributed by atoms with E-state index in [1.807, 2.05) is 0 Å². The van der Waals surface area contributed by atoms with Crippen molar-refractivity contribution in [2.24, 2.45) is 0 Å². The van der Waals surface area contributed by atoms with Gasteiger partial charge in [0.15, 0.2) is 0 Å². The number of nitro benzene ring substituents is 1. The first-order chi connectivity index (χ1) is 15.3. The molecule has 0 saturated heterocycles. The molecule has 3 aromatic carbocycles. The molecule has 0 N–H and O–H groups in total. The van der Waals surface area contributed by atoms with Crippen LogP contribution in [0.5, 0.6) is 0 Å². The third kappa shape index (κ3) is 3.81. The number of nitro groups is 1. The van der Waals surface area contributed by atoms with Crippen molar-refractivity contribution in [2.45, 2.75) is 6.54 Å². The number of benzene rings is 3. The Morgan fingerprint density at radius 1 is 0.906 bits per heavy atom. The normalized spacial score (nSPS) is 12.6. The molecule has 8 nitrogen and oxygen atoms in total. The molecule has 0 bridgehead atoms. The van der Waals surface area contributed by atoms with Crippen LogP contribution in [0.2, 0.25) is 10.0 Å². The van der Waals surface area contributed by atoms with Gasteiger partial charge in [-0.2, -0.15) is 5.01 Å². The van der Waals surface area contributed by atoms with Crippen LogP contribution in [0.25, 0.3) is 0 Å². The van der Waals surface area contributed by atoms with Gasteiger partial charge in [-0.05, 0) is 42.0 Å². The first kappa shape index (κ1) is 21.5. The molecule has 0 radical (unpaired) electrons. The fourth-order valence-corrected chi connectivity index (χ4v) is 3.64. The molecule has 3 aromatic rings. The molecule has 1 aliphatic rings. The van der Waals surface area contributed by atoms with Crippen molar-refractivity contribution in [1.82, 2.24) is 10.0 Å². The molecular weight excluding hydrogens is 457 g/mol. The lowest BCUT2D eigenvalue weighted by Crippen LogP contribution is -2.49. The highest BCUT2D eigenvalue weighted by molar-refractivity contribution is 6.42. The van der Waals surface area contributed by atoms with Crippen LogP contribution in [0.3, 0.4) is 0 Å². The molecule has 4 rings (SSSR count). The molecule has 0 aliphatic carbocycles. The number of rotatable bonds is 5. The molecule has 0 saturated carbocycles. The Hall–Kier alpha value is -3.75. The number of nitrogens with zero attached hydrogens (tertiary/aromatic N) is 3. The Morgan fingerprint density at radius 2 is 1.50 bits per heavy atom. The van der Waals surface area contributed by atoms with Crippen LogP contribution in [-0.4, -0.2) is 32.7 Å². The molecule has 3 amide bonds. The smallest absolute Gasteiger partial charge is 0.267 e. The zero-order chi connectivity index (χ0) is 23.0. The molecule has 0 unspecified atom stereocenters. The Bertz CT molecular complexity index is 1240. The largest absolute Gasteiger partial charge is 0.280 e. The number of carbonyl (C=O) groups is 3. The second-order valence-corrected chi connectivity index (χ2v) is 7.70. The minimum Gasteiger partial charge on any atom is -0.267 e. The van der Waals surface area contributed by atoms with Crippen LogP contribution >= 0.6 is 23.2 Å². The lowest BCUT2D eigenvalue weighted by molar-refractivity contribution is -0.384. The van der Waals surface area contributed by atoms with Gasteiger partial charge in [0, 0.05) is 17.7 Å². The summed E-state index contributed by atoms with van der Waals surface area (Å²) in [6.07, 6.45) is 0. The number of amides is 3. The predicted octanol–water partition coefficient (Wildman–Crippen LogP) is 4.76. The van der Waals surface area contributed by atoms with Crippen LogP contribution < -0.4 is 0 Å². The lowest BCUT2D eigenvalue weighted by atomic mass is 10.1. The van der Waals surface area contributed by atoms with Crippen molar-refractivity contribution in [2.75, 3.05) is 0 Å². The fraction of sp³-hybridized carbons (Fsp3) is 0.0455. The van der Waals surface area contributed by atoms with Crippen molar-refractivity contribution in [1.29, 1.82) is 0 Å². The van der Waals surface area contributed by atoms with Gasteiger partial charge >= 0.3 is 0 Å². The number of hydrogen-bond donors (Lipinski definition) is 0. The SMILES string of the molecule is O=C(c1ccc([N+](=O)[O-])cc1)N(Cc1ccc(Cl)c(Cl)c1)N1C(=O)c2ccccc2C1=O. The van der Waals surface area contributed by atoms with E-state index < -0.39 is 22.6 Å². The average molecular weight is 470 g/mol. The number of fused-ring (bicyclic) bond motifs is 1. The first-order valence-electron chi connectivity index (χ1n) is 9.26. The van der Waals surface area contributed by atoms with Gasteiger partial charge in [-0.3, -0.25) is 24.5 Å². The lowest BCUT2D eigenvalue weighted by Gasteiger charge is -2.30. The van der Waals surface area contributed by atoms with Crippen molar-refractivity contribution < 1.29 is 19.3 Å². The molecule has 1 aliphatic heterocycles. The summed E-state index contributed by atoms with van der Waals surface area (Å²) in [6.45, 7) is -0.168. The Balaban J connectivity index is 1.75. The van der Waals surface area contributed by atoms with Gasteiger partial charge in [-0.1, -0.05) is 41.4 Å². The molecule has 0 spiro atoms. The van der Waals surface area contributed by atoms with Crippen LogP contribution in [0.4, 0.5) is 5.69 Å². The number of halogens is 2. The summed E-state index contributed by atoms with van der Waals surface area (Å²) < 4.78 is 0. The van der Waals surface area contributed by atoms with Gasteiger partial charge < -0.3 is 0 Å². The van der Waals surface area contributed by atoms with E-state index in [1.54, 1.807) is 18.2 Å². The maximum Gasteiger partial charge on any atom is 0.280 e. The molecule has 1 heterocycles. The van der Waals surface area contributed by atoms with Gasteiger partial charge in [0.05, 0.1) is 32.6 Å². The van der Waals surface area contributed by atoms with Crippen LogP contribution in [-0.2, 0) is 6.54 Å². The Morgan fingerprint density at radius 3 is 2.03 bits per heavy atom. The summed E-state index contributed by atoms with van der Waals surface area (Å²) in [5.74, 6) is -2.00. The van der Waals surface area contributed by atoms with E-state index in [2.05, 4.69) is 0 Å². The summed E-state index contributed by atoms with van der Waals surface area (Å²) in [5.41, 5.74) is 0.734. The molecule has 10 heteroatoms. The number of carbonyl (C=O) groups excluding carboxylic acids is 3. The van der Waals surface area contributed by atoms with E-state index in [-0.39, 0.29) is 33.9 Å². The molecule has 0 aromatic heterocycles. The molecule has 160 valence electrons. The summed E-state index contributed by atoms with van der Waals surface area (Å²) in [7, 11) is 0. The third-order valence-electron chi connectivity index (χ3n) is 4.89.